The summed E-state index contributed by atoms with van der Waals surface area (Å²) in [7, 11) is 0. The van der Waals surface area contributed by atoms with Gasteiger partial charge in [-0.1, -0.05) is 52.5 Å². The average molecular weight is 269 g/mol. The molecule has 0 spiro atoms. The molecular weight excluding hydrogens is 242 g/mol. The van der Waals surface area contributed by atoms with E-state index in [1.54, 1.807) is 0 Å². The summed E-state index contributed by atoms with van der Waals surface area (Å²) in [5.74, 6) is 6.37. The average Bonchev–Trinajstić information content (AvgIpc) is 2.41. The maximum absolute atomic E-state index is 5.88. The summed E-state index contributed by atoms with van der Waals surface area (Å²) in [5, 5.41) is 0. The molecule has 2 rings (SSSR count). The number of fused-ring (bicyclic) bond motifs is 1. The molecule has 1 aliphatic rings. The van der Waals surface area contributed by atoms with E-state index in [0.717, 1.165) is 12.0 Å². The van der Waals surface area contributed by atoms with E-state index in [9.17, 15) is 0 Å². The van der Waals surface area contributed by atoms with Gasteiger partial charge in [0.25, 0.3) is 0 Å². The number of rotatable bonds is 1. The topological polar surface area (TPSA) is 26.0 Å². The van der Waals surface area contributed by atoms with Crippen LogP contribution in [-0.4, -0.2) is 6.04 Å². The van der Waals surface area contributed by atoms with Gasteiger partial charge in [0.15, 0.2) is 0 Å². The Morgan fingerprint density at radius 3 is 2.30 bits per heavy atom. The highest BCUT2D eigenvalue weighted by atomic mass is 14.6. The lowest BCUT2D eigenvalue weighted by Gasteiger charge is -2.41. The molecule has 0 amide bonds. The van der Waals surface area contributed by atoms with Crippen molar-refractivity contribution in [1.82, 2.24) is 0 Å². The van der Waals surface area contributed by atoms with Crippen LogP contribution in [0.4, 0.5) is 0 Å². The molecule has 1 aromatic carbocycles. The maximum atomic E-state index is 5.88. The van der Waals surface area contributed by atoms with E-state index in [-0.39, 0.29) is 16.9 Å². The van der Waals surface area contributed by atoms with Gasteiger partial charge in [-0.2, -0.15) is 0 Å². The predicted octanol–water partition coefficient (Wildman–Crippen LogP) is 4.12. The Balaban J connectivity index is 2.45. The molecule has 0 aliphatic heterocycles. The van der Waals surface area contributed by atoms with Crippen LogP contribution >= 0.6 is 0 Å². The fourth-order valence-corrected chi connectivity index (χ4v) is 2.94. The first-order valence-corrected chi connectivity index (χ1v) is 7.68. The molecule has 1 nitrogen and oxygen atoms in total. The largest absolute Gasteiger partial charge is 0.318 e. The van der Waals surface area contributed by atoms with E-state index in [1.165, 1.54) is 24.0 Å². The number of hydrogen-bond donors (Lipinski definition) is 1. The van der Waals surface area contributed by atoms with Crippen molar-refractivity contribution in [2.75, 3.05) is 0 Å². The highest BCUT2D eigenvalue weighted by Gasteiger charge is 2.36. The van der Waals surface area contributed by atoms with E-state index in [1.807, 2.05) is 0 Å². The van der Waals surface area contributed by atoms with Gasteiger partial charge in [0, 0.05) is 5.56 Å². The lowest BCUT2D eigenvalue weighted by Crippen LogP contribution is -2.33. The summed E-state index contributed by atoms with van der Waals surface area (Å²) in [4.78, 5) is 0. The van der Waals surface area contributed by atoms with E-state index < -0.39 is 0 Å². The Bertz CT molecular complexity index is 555. The molecule has 108 valence electrons. The second-order valence-corrected chi connectivity index (χ2v) is 7.31. The van der Waals surface area contributed by atoms with Gasteiger partial charge in [0.05, 0.1) is 6.04 Å². The van der Waals surface area contributed by atoms with Gasteiger partial charge < -0.3 is 5.73 Å². The molecule has 0 fully saturated rings. The molecule has 0 aromatic heterocycles. The summed E-state index contributed by atoms with van der Waals surface area (Å²) in [6.07, 6.45) is 3.38. The van der Waals surface area contributed by atoms with E-state index in [4.69, 9.17) is 5.73 Å². The van der Waals surface area contributed by atoms with Crippen LogP contribution in [0.1, 0.15) is 70.6 Å². The fourth-order valence-electron chi connectivity index (χ4n) is 2.94. The Hall–Kier alpha value is -1.26. The van der Waals surface area contributed by atoms with Crippen molar-refractivity contribution in [2.24, 2.45) is 5.73 Å². The molecular formula is C19H27N. The highest BCUT2D eigenvalue weighted by Crippen LogP contribution is 2.45. The van der Waals surface area contributed by atoms with Crippen LogP contribution in [0.5, 0.6) is 0 Å². The van der Waals surface area contributed by atoms with Crippen molar-refractivity contribution in [3.05, 3.63) is 34.9 Å². The van der Waals surface area contributed by atoms with E-state index in [0.29, 0.717) is 0 Å². The van der Waals surface area contributed by atoms with Crippen molar-refractivity contribution in [3.63, 3.8) is 0 Å². The van der Waals surface area contributed by atoms with E-state index >= 15 is 0 Å². The van der Waals surface area contributed by atoms with Crippen LogP contribution < -0.4 is 5.73 Å². The minimum atomic E-state index is -0.0181. The molecule has 1 heteroatoms. The zero-order valence-electron chi connectivity index (χ0n) is 13.5. The van der Waals surface area contributed by atoms with Gasteiger partial charge >= 0.3 is 0 Å². The highest BCUT2D eigenvalue weighted by molar-refractivity contribution is 5.48. The minimum absolute atomic E-state index is 0.0181. The van der Waals surface area contributed by atoms with Crippen LogP contribution in [0.3, 0.4) is 0 Å². The van der Waals surface area contributed by atoms with Gasteiger partial charge in [-0.05, 0) is 53.4 Å². The van der Waals surface area contributed by atoms with Crippen LogP contribution in [0.25, 0.3) is 0 Å². The standard InChI is InChI=1S/C19H27N/c1-6-15(20)9-7-14-8-10-16-17(13-14)19(4,5)12-11-18(16,2)3/h8,10,13,15H,6,11-12,20H2,1-5H3. The molecule has 0 saturated heterocycles. The van der Waals surface area contributed by atoms with Crippen molar-refractivity contribution in [2.45, 2.75) is 70.8 Å². The molecule has 1 aliphatic carbocycles. The van der Waals surface area contributed by atoms with Gasteiger partial charge in [-0.25, -0.2) is 0 Å². The van der Waals surface area contributed by atoms with Crippen LogP contribution in [0.2, 0.25) is 0 Å². The van der Waals surface area contributed by atoms with Crippen LogP contribution in [0.15, 0.2) is 18.2 Å². The smallest absolute Gasteiger partial charge is 0.0665 e. The maximum Gasteiger partial charge on any atom is 0.0665 e. The Labute approximate surface area is 124 Å². The summed E-state index contributed by atoms with van der Waals surface area (Å²) in [6, 6.07) is 6.69. The van der Waals surface area contributed by atoms with Crippen LogP contribution in [-0.2, 0) is 10.8 Å². The molecule has 1 aromatic rings. The zero-order chi connectivity index (χ0) is 15.0. The van der Waals surface area contributed by atoms with Gasteiger partial charge in [-0.3, -0.25) is 0 Å². The third-order valence-corrected chi connectivity index (χ3v) is 4.69. The molecule has 0 heterocycles. The fraction of sp³-hybridized carbons (Fsp3) is 0.579. The minimum Gasteiger partial charge on any atom is -0.318 e. The third kappa shape index (κ3) is 2.91. The normalized spacial score (nSPS) is 20.5. The zero-order valence-corrected chi connectivity index (χ0v) is 13.5. The third-order valence-electron chi connectivity index (χ3n) is 4.69. The molecule has 2 N–H and O–H groups in total. The first-order chi connectivity index (χ1) is 9.26. The van der Waals surface area contributed by atoms with Crippen molar-refractivity contribution >= 4 is 0 Å². The lowest BCUT2D eigenvalue weighted by molar-refractivity contribution is 0.332. The SMILES string of the molecule is CCC(N)C#Cc1ccc2c(c1)C(C)(C)CCC2(C)C. The van der Waals surface area contributed by atoms with Crippen molar-refractivity contribution < 1.29 is 0 Å². The molecule has 0 bridgehead atoms. The Morgan fingerprint density at radius 1 is 1.10 bits per heavy atom. The first-order valence-electron chi connectivity index (χ1n) is 7.68. The Kier molecular flexibility index (Phi) is 3.98. The first kappa shape index (κ1) is 15.1. The van der Waals surface area contributed by atoms with Crippen molar-refractivity contribution in [3.8, 4) is 11.8 Å². The second-order valence-electron chi connectivity index (χ2n) is 7.31. The summed E-state index contributed by atoms with van der Waals surface area (Å²) in [5.41, 5.74) is 10.4. The number of nitrogens with two attached hydrogens (primary N) is 1. The summed E-state index contributed by atoms with van der Waals surface area (Å²) >= 11 is 0. The number of hydrogen-bond acceptors (Lipinski definition) is 1. The van der Waals surface area contributed by atoms with Crippen molar-refractivity contribution in [1.29, 1.82) is 0 Å². The molecule has 20 heavy (non-hydrogen) atoms. The second kappa shape index (κ2) is 5.26. The van der Waals surface area contributed by atoms with Gasteiger partial charge in [0.2, 0.25) is 0 Å². The summed E-state index contributed by atoms with van der Waals surface area (Å²) < 4.78 is 0. The molecule has 0 radical (unpaired) electrons. The molecule has 1 unspecified atom stereocenters. The van der Waals surface area contributed by atoms with Crippen LogP contribution in [0, 0.1) is 11.8 Å². The summed E-state index contributed by atoms with van der Waals surface area (Å²) in [6.45, 7) is 11.4. The van der Waals surface area contributed by atoms with Gasteiger partial charge in [0.1, 0.15) is 0 Å². The van der Waals surface area contributed by atoms with E-state index in [2.05, 4.69) is 64.7 Å². The quantitative estimate of drug-likeness (QED) is 0.762. The van der Waals surface area contributed by atoms with Gasteiger partial charge in [-0.15, -0.1) is 0 Å². The monoisotopic (exact) mass is 269 g/mol. The molecule has 1 atom stereocenters. The predicted molar refractivity (Wildman–Crippen MR) is 86.9 cm³/mol. The molecule has 0 saturated carbocycles. The lowest BCUT2D eigenvalue weighted by atomic mass is 9.63. The Morgan fingerprint density at radius 2 is 1.70 bits per heavy atom. The number of benzene rings is 1.